The van der Waals surface area contributed by atoms with Crippen molar-refractivity contribution in [2.75, 3.05) is 0 Å². The normalized spacial score (nSPS) is 15.1. The number of fused-ring (bicyclic) bond motifs is 1. The summed E-state index contributed by atoms with van der Waals surface area (Å²) in [7, 11) is 0. The minimum Gasteiger partial charge on any atom is -0.512 e. The third-order valence-corrected chi connectivity index (χ3v) is 2.00. The lowest BCUT2D eigenvalue weighted by Crippen LogP contribution is -2.07. The molecule has 0 heterocycles. The molecule has 0 radical (unpaired) electrons. The molecule has 0 atom stereocenters. The highest BCUT2D eigenvalue weighted by molar-refractivity contribution is 6.03. The Bertz CT molecular complexity index is 405. The van der Waals surface area contributed by atoms with Crippen LogP contribution in [-0.2, 0) is 0 Å². The first kappa shape index (κ1) is 7.86. The summed E-state index contributed by atoms with van der Waals surface area (Å²) in [6.45, 7) is 0. The fourth-order valence-electron chi connectivity index (χ4n) is 1.41. The number of aliphatic hydroxyl groups excluding tert-OH is 1. The van der Waals surface area contributed by atoms with E-state index in [-0.39, 0.29) is 23.7 Å². The van der Waals surface area contributed by atoms with Crippen molar-refractivity contribution in [3.8, 4) is 5.75 Å². The van der Waals surface area contributed by atoms with Crippen molar-refractivity contribution in [2.24, 2.45) is 0 Å². The molecule has 0 saturated carbocycles. The standard InChI is InChI=1S/C10H8O3/c11-7-1-2-9-6(3-7)4-8(12)5-10(9)13/h1-4,11-12H,5H2. The van der Waals surface area contributed by atoms with Crippen LogP contribution in [0, 0.1) is 0 Å². The number of aromatic hydroxyl groups is 1. The maximum atomic E-state index is 11.3. The molecule has 13 heavy (non-hydrogen) atoms. The number of aliphatic hydroxyl groups is 1. The van der Waals surface area contributed by atoms with Crippen molar-refractivity contribution in [2.45, 2.75) is 6.42 Å². The fraction of sp³-hybridized carbons (Fsp3) is 0.100. The van der Waals surface area contributed by atoms with Crippen molar-refractivity contribution < 1.29 is 15.0 Å². The number of hydrogen-bond donors (Lipinski definition) is 2. The van der Waals surface area contributed by atoms with Crippen molar-refractivity contribution in [3.05, 3.63) is 35.1 Å². The number of Topliss-reactive ketones (excluding diaryl/α,β-unsaturated/α-hetero) is 1. The molecule has 0 fully saturated rings. The zero-order valence-corrected chi connectivity index (χ0v) is 6.82. The van der Waals surface area contributed by atoms with Crippen LogP contribution in [0.25, 0.3) is 6.08 Å². The van der Waals surface area contributed by atoms with Gasteiger partial charge in [-0.3, -0.25) is 4.79 Å². The van der Waals surface area contributed by atoms with Crippen LogP contribution in [0.5, 0.6) is 5.75 Å². The lowest BCUT2D eigenvalue weighted by atomic mass is 9.95. The Morgan fingerprint density at radius 1 is 1.23 bits per heavy atom. The molecule has 1 aliphatic carbocycles. The zero-order valence-electron chi connectivity index (χ0n) is 6.82. The third-order valence-electron chi connectivity index (χ3n) is 2.00. The van der Waals surface area contributed by atoms with Crippen LogP contribution >= 0.6 is 0 Å². The topological polar surface area (TPSA) is 57.5 Å². The molecule has 1 aromatic carbocycles. The summed E-state index contributed by atoms with van der Waals surface area (Å²) in [5.41, 5.74) is 1.13. The van der Waals surface area contributed by atoms with Crippen molar-refractivity contribution in [1.82, 2.24) is 0 Å². The van der Waals surface area contributed by atoms with E-state index < -0.39 is 0 Å². The summed E-state index contributed by atoms with van der Waals surface area (Å²) in [6, 6.07) is 4.49. The lowest BCUT2D eigenvalue weighted by Gasteiger charge is -2.11. The van der Waals surface area contributed by atoms with E-state index in [1.54, 1.807) is 6.07 Å². The molecular weight excluding hydrogens is 168 g/mol. The number of carbonyl (C=O) groups is 1. The molecule has 3 heteroatoms. The van der Waals surface area contributed by atoms with Gasteiger partial charge >= 0.3 is 0 Å². The Balaban J connectivity index is 2.63. The summed E-state index contributed by atoms with van der Waals surface area (Å²) >= 11 is 0. The van der Waals surface area contributed by atoms with Gasteiger partial charge in [-0.15, -0.1) is 0 Å². The highest BCUT2D eigenvalue weighted by Crippen LogP contribution is 2.25. The summed E-state index contributed by atoms with van der Waals surface area (Å²) in [5, 5.41) is 18.3. The largest absolute Gasteiger partial charge is 0.512 e. The molecule has 1 aliphatic rings. The van der Waals surface area contributed by atoms with Crippen LogP contribution in [0.2, 0.25) is 0 Å². The molecule has 66 valence electrons. The van der Waals surface area contributed by atoms with E-state index in [1.807, 2.05) is 0 Å². The Morgan fingerprint density at radius 2 is 2.00 bits per heavy atom. The van der Waals surface area contributed by atoms with E-state index in [0.29, 0.717) is 11.1 Å². The number of hydrogen-bond acceptors (Lipinski definition) is 3. The van der Waals surface area contributed by atoms with Gasteiger partial charge in [0, 0.05) is 5.56 Å². The van der Waals surface area contributed by atoms with Gasteiger partial charge in [0.25, 0.3) is 0 Å². The number of allylic oxidation sites excluding steroid dienone is 1. The van der Waals surface area contributed by atoms with Gasteiger partial charge in [-0.1, -0.05) is 0 Å². The number of benzene rings is 1. The summed E-state index contributed by atoms with van der Waals surface area (Å²) in [5.74, 6) is 0.0237. The number of phenols is 1. The van der Waals surface area contributed by atoms with Crippen molar-refractivity contribution in [3.63, 3.8) is 0 Å². The first-order valence-corrected chi connectivity index (χ1v) is 3.92. The lowest BCUT2D eigenvalue weighted by molar-refractivity contribution is 0.0978. The molecule has 0 aromatic heterocycles. The predicted octanol–water partition coefficient (Wildman–Crippen LogP) is 1.88. The second-order valence-electron chi connectivity index (χ2n) is 3.01. The second-order valence-corrected chi connectivity index (χ2v) is 3.01. The van der Waals surface area contributed by atoms with Crippen LogP contribution in [0.1, 0.15) is 22.3 Å². The summed E-state index contributed by atoms with van der Waals surface area (Å²) < 4.78 is 0. The average Bonchev–Trinajstić information content (AvgIpc) is 2.02. The van der Waals surface area contributed by atoms with E-state index in [9.17, 15) is 9.90 Å². The van der Waals surface area contributed by atoms with Gasteiger partial charge in [-0.25, -0.2) is 0 Å². The Kier molecular flexibility index (Phi) is 1.59. The maximum absolute atomic E-state index is 11.3. The van der Waals surface area contributed by atoms with E-state index in [1.165, 1.54) is 18.2 Å². The molecule has 3 nitrogen and oxygen atoms in total. The SMILES string of the molecule is O=C1CC(O)=Cc2cc(O)ccc21. The molecule has 1 aromatic rings. The van der Waals surface area contributed by atoms with Crippen LogP contribution in [0.4, 0.5) is 0 Å². The predicted molar refractivity (Wildman–Crippen MR) is 47.7 cm³/mol. The Morgan fingerprint density at radius 3 is 2.77 bits per heavy atom. The third kappa shape index (κ3) is 1.28. The Labute approximate surface area is 74.9 Å². The molecule has 2 rings (SSSR count). The van der Waals surface area contributed by atoms with Gasteiger partial charge in [0.05, 0.1) is 6.42 Å². The minimum atomic E-state index is -0.116. The van der Waals surface area contributed by atoms with Gasteiger partial charge < -0.3 is 10.2 Å². The number of ketones is 1. The minimum absolute atomic E-state index is 0.0445. The van der Waals surface area contributed by atoms with Crippen molar-refractivity contribution in [1.29, 1.82) is 0 Å². The average molecular weight is 176 g/mol. The van der Waals surface area contributed by atoms with E-state index in [4.69, 9.17) is 5.11 Å². The highest BCUT2D eigenvalue weighted by atomic mass is 16.3. The molecule has 0 aliphatic heterocycles. The van der Waals surface area contributed by atoms with Crippen molar-refractivity contribution >= 4 is 11.9 Å². The zero-order chi connectivity index (χ0) is 9.42. The summed E-state index contributed by atoms with van der Waals surface area (Å²) in [6.07, 6.45) is 1.55. The van der Waals surface area contributed by atoms with Gasteiger partial charge in [0.15, 0.2) is 5.78 Å². The van der Waals surface area contributed by atoms with Gasteiger partial charge in [-0.2, -0.15) is 0 Å². The van der Waals surface area contributed by atoms with Crippen LogP contribution in [0.3, 0.4) is 0 Å². The molecular formula is C10H8O3. The molecule has 0 unspecified atom stereocenters. The Hall–Kier alpha value is -1.77. The van der Waals surface area contributed by atoms with E-state index in [0.717, 1.165) is 0 Å². The fourth-order valence-corrected chi connectivity index (χ4v) is 1.41. The molecule has 0 amide bonds. The number of rotatable bonds is 0. The van der Waals surface area contributed by atoms with Gasteiger partial charge in [-0.05, 0) is 29.8 Å². The van der Waals surface area contributed by atoms with Crippen LogP contribution < -0.4 is 0 Å². The molecule has 0 saturated heterocycles. The molecule has 0 spiro atoms. The monoisotopic (exact) mass is 176 g/mol. The number of carbonyl (C=O) groups excluding carboxylic acids is 1. The summed E-state index contributed by atoms with van der Waals surface area (Å²) in [4.78, 5) is 11.3. The maximum Gasteiger partial charge on any atom is 0.170 e. The molecule has 2 N–H and O–H groups in total. The highest BCUT2D eigenvalue weighted by Gasteiger charge is 2.17. The first-order chi connectivity index (χ1) is 6.16. The van der Waals surface area contributed by atoms with E-state index >= 15 is 0 Å². The first-order valence-electron chi connectivity index (χ1n) is 3.92. The smallest absolute Gasteiger partial charge is 0.170 e. The quantitative estimate of drug-likeness (QED) is 0.634. The van der Waals surface area contributed by atoms with Crippen LogP contribution in [-0.4, -0.2) is 16.0 Å². The van der Waals surface area contributed by atoms with Crippen LogP contribution in [0.15, 0.2) is 24.0 Å². The van der Waals surface area contributed by atoms with E-state index in [2.05, 4.69) is 0 Å². The van der Waals surface area contributed by atoms with Gasteiger partial charge in [0.1, 0.15) is 11.5 Å². The second kappa shape index (κ2) is 2.62. The number of phenolic OH excluding ortho intramolecular Hbond substituents is 1. The van der Waals surface area contributed by atoms with Gasteiger partial charge in [0.2, 0.25) is 0 Å². The molecule has 0 bridgehead atoms.